The van der Waals surface area contributed by atoms with Crippen molar-refractivity contribution in [1.29, 1.82) is 0 Å². The van der Waals surface area contributed by atoms with Crippen LogP contribution < -0.4 is 5.32 Å². The van der Waals surface area contributed by atoms with Crippen molar-refractivity contribution in [3.05, 3.63) is 41.3 Å². The molecule has 0 radical (unpaired) electrons. The fraction of sp³-hybridized carbons (Fsp3) is 0.444. The number of piperidine rings is 3. The first-order chi connectivity index (χ1) is 11.6. The van der Waals surface area contributed by atoms with Crippen LogP contribution in [0.4, 0.5) is 4.39 Å². The minimum atomic E-state index is -0.266. The van der Waals surface area contributed by atoms with E-state index >= 15 is 0 Å². The molecule has 3 unspecified atom stereocenters. The van der Waals surface area contributed by atoms with E-state index in [4.69, 9.17) is 0 Å². The number of fused-ring (bicyclic) bond motifs is 3. The lowest BCUT2D eigenvalue weighted by atomic mass is 9.80. The van der Waals surface area contributed by atoms with Gasteiger partial charge in [0.2, 0.25) is 0 Å². The zero-order valence-corrected chi connectivity index (χ0v) is 14.4. The summed E-state index contributed by atoms with van der Waals surface area (Å²) in [5.74, 6) is 0.211. The Hall–Kier alpha value is -1.79. The lowest BCUT2D eigenvalue weighted by molar-refractivity contribution is 0.0274. The van der Waals surface area contributed by atoms with Crippen LogP contribution in [0.1, 0.15) is 29.6 Å². The monoisotopic (exact) mass is 345 g/mol. The molecule has 24 heavy (non-hydrogen) atoms. The number of nitrogens with zero attached hydrogens (tertiary/aromatic N) is 2. The lowest BCUT2D eigenvalue weighted by Crippen LogP contribution is -2.60. The Morgan fingerprint density at radius 3 is 2.83 bits per heavy atom. The van der Waals surface area contributed by atoms with Gasteiger partial charge in [-0.2, -0.15) is 0 Å². The molecule has 0 saturated carbocycles. The number of carbonyl (C=O) groups is 1. The summed E-state index contributed by atoms with van der Waals surface area (Å²) in [6.07, 6.45) is 4.00. The maximum atomic E-state index is 13.0. The number of thiazole rings is 1. The fourth-order valence-electron chi connectivity index (χ4n) is 3.82. The Labute approximate surface area is 144 Å². The van der Waals surface area contributed by atoms with Crippen molar-refractivity contribution in [3.63, 3.8) is 0 Å². The van der Waals surface area contributed by atoms with Gasteiger partial charge in [0.15, 0.2) is 5.01 Å². The van der Waals surface area contributed by atoms with Crippen molar-refractivity contribution in [1.82, 2.24) is 15.2 Å². The molecule has 4 heterocycles. The highest BCUT2D eigenvalue weighted by Crippen LogP contribution is 2.32. The SMILES string of the molecule is CC1CC2CCN1C[C@@H]2NC(=O)c1ncc(-c2ccc(F)cc2)s1. The van der Waals surface area contributed by atoms with Gasteiger partial charge in [-0.1, -0.05) is 12.1 Å². The number of benzene rings is 1. The number of hydrogen-bond donors (Lipinski definition) is 1. The van der Waals surface area contributed by atoms with Crippen molar-refractivity contribution in [2.24, 2.45) is 5.92 Å². The van der Waals surface area contributed by atoms with E-state index < -0.39 is 0 Å². The molecular weight excluding hydrogens is 325 g/mol. The van der Waals surface area contributed by atoms with Crippen LogP contribution in [0.25, 0.3) is 10.4 Å². The molecule has 2 bridgehead atoms. The second-order valence-electron chi connectivity index (χ2n) is 6.74. The Bertz CT molecular complexity index is 745. The van der Waals surface area contributed by atoms with Crippen LogP contribution in [0.15, 0.2) is 30.5 Å². The van der Waals surface area contributed by atoms with E-state index in [-0.39, 0.29) is 17.8 Å². The summed E-state index contributed by atoms with van der Waals surface area (Å²) in [6, 6.07) is 7.10. The first-order valence-corrected chi connectivity index (χ1v) is 9.18. The maximum absolute atomic E-state index is 13.0. The fourth-order valence-corrected chi connectivity index (χ4v) is 4.64. The van der Waals surface area contributed by atoms with Gasteiger partial charge in [-0.3, -0.25) is 9.69 Å². The lowest BCUT2D eigenvalue weighted by Gasteiger charge is -2.48. The molecule has 1 aromatic carbocycles. The van der Waals surface area contributed by atoms with Crippen molar-refractivity contribution < 1.29 is 9.18 Å². The number of nitrogens with one attached hydrogen (secondary N) is 1. The molecule has 2 aromatic rings. The normalized spacial score (nSPS) is 28.8. The molecule has 3 saturated heterocycles. The summed E-state index contributed by atoms with van der Waals surface area (Å²) < 4.78 is 13.0. The molecule has 4 nitrogen and oxygen atoms in total. The van der Waals surface area contributed by atoms with Gasteiger partial charge in [0.05, 0.1) is 4.88 Å². The van der Waals surface area contributed by atoms with E-state index in [9.17, 15) is 9.18 Å². The minimum absolute atomic E-state index is 0.0974. The van der Waals surface area contributed by atoms with Crippen molar-refractivity contribution >= 4 is 17.2 Å². The summed E-state index contributed by atoms with van der Waals surface area (Å²) in [7, 11) is 0. The topological polar surface area (TPSA) is 45.2 Å². The zero-order chi connectivity index (χ0) is 16.7. The number of aromatic nitrogens is 1. The summed E-state index contributed by atoms with van der Waals surface area (Å²) in [5.41, 5.74) is 0.879. The van der Waals surface area contributed by atoms with Gasteiger partial charge < -0.3 is 5.32 Å². The maximum Gasteiger partial charge on any atom is 0.280 e. The van der Waals surface area contributed by atoms with Crippen LogP contribution in [0.3, 0.4) is 0 Å². The summed E-state index contributed by atoms with van der Waals surface area (Å²) in [6.45, 7) is 4.35. The van der Waals surface area contributed by atoms with E-state index in [0.29, 0.717) is 17.0 Å². The molecule has 1 N–H and O–H groups in total. The molecule has 5 rings (SSSR count). The standard InChI is InChI=1S/C18H20FN3OS/c1-11-8-13-6-7-22(11)10-15(13)21-17(23)18-20-9-16(24-18)12-2-4-14(19)5-3-12/h2-5,9,11,13,15H,6-8,10H2,1H3,(H,21,23)/t11?,13?,15-/m0/s1. The highest BCUT2D eigenvalue weighted by molar-refractivity contribution is 7.16. The third kappa shape index (κ3) is 2.96. The van der Waals surface area contributed by atoms with E-state index in [2.05, 4.69) is 22.1 Å². The van der Waals surface area contributed by atoms with Crippen LogP contribution in [0.2, 0.25) is 0 Å². The number of amides is 1. The van der Waals surface area contributed by atoms with E-state index in [1.807, 2.05) is 0 Å². The van der Waals surface area contributed by atoms with Crippen LogP contribution in [0, 0.1) is 11.7 Å². The van der Waals surface area contributed by atoms with Crippen LogP contribution in [-0.2, 0) is 0 Å². The Balaban J connectivity index is 1.45. The number of carbonyl (C=O) groups excluding carboxylic acids is 1. The molecule has 3 aliphatic heterocycles. The van der Waals surface area contributed by atoms with Gasteiger partial charge >= 0.3 is 0 Å². The first-order valence-electron chi connectivity index (χ1n) is 8.37. The highest BCUT2D eigenvalue weighted by atomic mass is 32.1. The molecule has 3 fully saturated rings. The third-order valence-corrected chi connectivity index (χ3v) is 6.24. The summed E-state index contributed by atoms with van der Waals surface area (Å²) in [5, 5.41) is 3.64. The van der Waals surface area contributed by atoms with Gasteiger partial charge in [-0.25, -0.2) is 9.37 Å². The largest absolute Gasteiger partial charge is 0.346 e. The molecule has 4 atom stereocenters. The third-order valence-electron chi connectivity index (χ3n) is 5.20. The second-order valence-corrected chi connectivity index (χ2v) is 7.78. The molecule has 3 aliphatic rings. The van der Waals surface area contributed by atoms with Crippen LogP contribution in [0.5, 0.6) is 0 Å². The molecule has 0 aliphatic carbocycles. The Morgan fingerprint density at radius 1 is 1.38 bits per heavy atom. The van der Waals surface area contributed by atoms with E-state index in [1.54, 1.807) is 18.3 Å². The van der Waals surface area contributed by atoms with E-state index in [1.165, 1.54) is 23.5 Å². The Kier molecular flexibility index (Phi) is 4.10. The second kappa shape index (κ2) is 6.26. The van der Waals surface area contributed by atoms with Gasteiger partial charge in [-0.15, -0.1) is 11.3 Å². The van der Waals surface area contributed by atoms with Crippen molar-refractivity contribution in [2.75, 3.05) is 13.1 Å². The quantitative estimate of drug-likeness (QED) is 0.929. The summed E-state index contributed by atoms with van der Waals surface area (Å²) >= 11 is 1.35. The zero-order valence-electron chi connectivity index (χ0n) is 13.5. The smallest absolute Gasteiger partial charge is 0.280 e. The van der Waals surface area contributed by atoms with Gasteiger partial charge in [0.25, 0.3) is 5.91 Å². The van der Waals surface area contributed by atoms with Gasteiger partial charge in [-0.05, 0) is 49.9 Å². The molecule has 0 spiro atoms. The number of hydrogen-bond acceptors (Lipinski definition) is 4. The predicted molar refractivity (Wildman–Crippen MR) is 92.5 cm³/mol. The first kappa shape index (κ1) is 15.7. The average Bonchev–Trinajstić information content (AvgIpc) is 3.07. The van der Waals surface area contributed by atoms with Gasteiger partial charge in [0, 0.05) is 24.8 Å². The molecular formula is C18H20FN3OS. The summed E-state index contributed by atoms with van der Waals surface area (Å²) in [4.78, 5) is 20.1. The van der Waals surface area contributed by atoms with E-state index in [0.717, 1.165) is 36.4 Å². The molecule has 6 heteroatoms. The number of rotatable bonds is 3. The van der Waals surface area contributed by atoms with Crippen LogP contribution >= 0.6 is 11.3 Å². The van der Waals surface area contributed by atoms with Crippen molar-refractivity contribution in [2.45, 2.75) is 31.8 Å². The number of halogens is 1. The Morgan fingerprint density at radius 2 is 2.17 bits per heavy atom. The van der Waals surface area contributed by atoms with Gasteiger partial charge in [0.1, 0.15) is 5.82 Å². The molecule has 126 valence electrons. The highest BCUT2D eigenvalue weighted by Gasteiger charge is 2.39. The van der Waals surface area contributed by atoms with Crippen molar-refractivity contribution in [3.8, 4) is 10.4 Å². The average molecular weight is 345 g/mol. The van der Waals surface area contributed by atoms with Crippen LogP contribution in [-0.4, -0.2) is 41.0 Å². The predicted octanol–water partition coefficient (Wildman–Crippen LogP) is 3.16. The molecule has 1 amide bonds. The molecule has 1 aromatic heterocycles. The minimum Gasteiger partial charge on any atom is -0.346 e.